The van der Waals surface area contributed by atoms with Crippen molar-refractivity contribution in [2.45, 2.75) is 57.1 Å². The molecule has 0 N–H and O–H groups in total. The number of ether oxygens (including phenoxy) is 1. The third kappa shape index (κ3) is 3.98. The molecule has 0 bridgehead atoms. The Balaban J connectivity index is 1.27. The van der Waals surface area contributed by atoms with E-state index < -0.39 is 11.5 Å². The maximum absolute atomic E-state index is 13.5. The molecular weight excluding hydrogens is 404 g/mol. The zero-order valence-electron chi connectivity index (χ0n) is 18.4. The zero-order valence-corrected chi connectivity index (χ0v) is 18.4. The van der Waals surface area contributed by atoms with Crippen LogP contribution in [-0.2, 0) is 25.7 Å². The number of carbonyl (C=O) groups excluding carboxylic acids is 3. The summed E-state index contributed by atoms with van der Waals surface area (Å²) in [6, 6.07) is 14.5. The number of rotatable bonds is 3. The lowest BCUT2D eigenvalue weighted by atomic mass is 9.75. The average Bonchev–Trinajstić information content (AvgIpc) is 3.00. The molecule has 3 aliphatic rings. The van der Waals surface area contributed by atoms with Gasteiger partial charge in [0, 0.05) is 32.6 Å². The van der Waals surface area contributed by atoms with Crippen molar-refractivity contribution in [2.75, 3.05) is 19.6 Å². The predicted octanol–water partition coefficient (Wildman–Crippen LogP) is 3.67. The van der Waals surface area contributed by atoms with Crippen molar-refractivity contribution < 1.29 is 19.1 Å². The lowest BCUT2D eigenvalue weighted by Crippen LogP contribution is -2.48. The smallest absolute Gasteiger partial charge is 0.307 e. The van der Waals surface area contributed by atoms with Gasteiger partial charge in [0.1, 0.15) is 5.60 Å². The van der Waals surface area contributed by atoms with E-state index >= 15 is 0 Å². The minimum Gasteiger partial charge on any atom is -0.458 e. The molecule has 2 aromatic rings. The monoisotopic (exact) mass is 434 g/mol. The minimum absolute atomic E-state index is 0.0156. The van der Waals surface area contributed by atoms with E-state index in [1.54, 1.807) is 4.90 Å². The molecule has 1 atom stereocenters. The Hall–Kier alpha value is -2.89. The number of hydrogen-bond donors (Lipinski definition) is 0. The fourth-order valence-electron chi connectivity index (χ4n) is 5.64. The van der Waals surface area contributed by atoms with Crippen LogP contribution < -0.4 is 0 Å². The number of amides is 2. The van der Waals surface area contributed by atoms with Gasteiger partial charge in [0.15, 0.2) is 0 Å². The van der Waals surface area contributed by atoms with Crippen LogP contribution in [0.5, 0.6) is 0 Å². The summed E-state index contributed by atoms with van der Waals surface area (Å²) in [5.74, 6) is -0.607. The first kappa shape index (κ1) is 21.0. The van der Waals surface area contributed by atoms with Gasteiger partial charge in [-0.1, -0.05) is 42.8 Å². The van der Waals surface area contributed by atoms with Gasteiger partial charge in [-0.2, -0.15) is 0 Å². The van der Waals surface area contributed by atoms with Gasteiger partial charge < -0.3 is 14.5 Å². The maximum Gasteiger partial charge on any atom is 0.307 e. The molecule has 2 heterocycles. The molecule has 6 heteroatoms. The van der Waals surface area contributed by atoms with E-state index in [0.717, 1.165) is 43.1 Å². The Morgan fingerprint density at radius 2 is 1.75 bits per heavy atom. The molecule has 32 heavy (non-hydrogen) atoms. The van der Waals surface area contributed by atoms with Gasteiger partial charge in [-0.3, -0.25) is 14.4 Å². The Morgan fingerprint density at radius 3 is 2.56 bits per heavy atom. The molecule has 6 nitrogen and oxygen atoms in total. The van der Waals surface area contributed by atoms with Gasteiger partial charge in [-0.15, -0.1) is 0 Å². The average molecular weight is 435 g/mol. The number of nitrogens with zero attached hydrogens (tertiary/aromatic N) is 2. The summed E-state index contributed by atoms with van der Waals surface area (Å²) < 4.78 is 5.74. The number of fused-ring (bicyclic) bond motifs is 1. The highest BCUT2D eigenvalue weighted by Crippen LogP contribution is 2.45. The number of hydrogen-bond acceptors (Lipinski definition) is 4. The lowest BCUT2D eigenvalue weighted by molar-refractivity contribution is -0.155. The molecule has 1 spiro atoms. The van der Waals surface area contributed by atoms with Crippen LogP contribution in [-0.4, -0.2) is 52.8 Å². The van der Waals surface area contributed by atoms with Crippen LogP contribution in [0.15, 0.2) is 42.5 Å². The van der Waals surface area contributed by atoms with Crippen LogP contribution in [0.1, 0.15) is 50.5 Å². The standard InChI is InChI=1S/C26H30N2O4/c29-23-10-13-27(25(31)22-17-24(30)32-26(22)11-4-1-5-12-26)14-15-28(23)18-19-8-9-20-6-2-3-7-21(20)16-19/h2-3,6-9,16,22H,1,4-5,10-15,17-18H2/t22-/m0/s1. The van der Waals surface area contributed by atoms with Crippen molar-refractivity contribution in [3.63, 3.8) is 0 Å². The molecule has 3 fully saturated rings. The second kappa shape index (κ2) is 8.57. The van der Waals surface area contributed by atoms with E-state index in [1.807, 2.05) is 17.0 Å². The Kier molecular flexibility index (Phi) is 5.62. The highest BCUT2D eigenvalue weighted by Gasteiger charge is 2.53. The molecule has 1 aliphatic carbocycles. The van der Waals surface area contributed by atoms with Gasteiger partial charge in [-0.25, -0.2) is 0 Å². The van der Waals surface area contributed by atoms with Gasteiger partial charge >= 0.3 is 5.97 Å². The van der Waals surface area contributed by atoms with Crippen molar-refractivity contribution in [2.24, 2.45) is 5.92 Å². The van der Waals surface area contributed by atoms with Crippen LogP contribution in [0, 0.1) is 5.92 Å². The zero-order chi connectivity index (χ0) is 22.1. The molecule has 0 unspecified atom stereocenters. The topological polar surface area (TPSA) is 66.9 Å². The van der Waals surface area contributed by atoms with Crippen LogP contribution in [0.4, 0.5) is 0 Å². The summed E-state index contributed by atoms with van der Waals surface area (Å²) in [4.78, 5) is 42.1. The van der Waals surface area contributed by atoms with Crippen molar-refractivity contribution >= 4 is 28.6 Å². The molecule has 1 saturated carbocycles. The summed E-state index contributed by atoms with van der Waals surface area (Å²) >= 11 is 0. The van der Waals surface area contributed by atoms with E-state index in [1.165, 1.54) is 5.39 Å². The van der Waals surface area contributed by atoms with Crippen molar-refractivity contribution in [1.82, 2.24) is 9.80 Å². The van der Waals surface area contributed by atoms with Crippen LogP contribution >= 0.6 is 0 Å². The van der Waals surface area contributed by atoms with Gasteiger partial charge in [0.25, 0.3) is 0 Å². The predicted molar refractivity (Wildman–Crippen MR) is 121 cm³/mol. The normalized spacial score (nSPS) is 23.4. The lowest BCUT2D eigenvalue weighted by Gasteiger charge is -2.37. The molecule has 2 aliphatic heterocycles. The molecule has 0 radical (unpaired) electrons. The van der Waals surface area contributed by atoms with E-state index in [0.29, 0.717) is 32.6 Å². The van der Waals surface area contributed by atoms with Crippen molar-refractivity contribution in [3.8, 4) is 0 Å². The minimum atomic E-state index is -0.618. The van der Waals surface area contributed by atoms with Crippen molar-refractivity contribution in [3.05, 3.63) is 48.0 Å². The van der Waals surface area contributed by atoms with Crippen molar-refractivity contribution in [1.29, 1.82) is 0 Å². The van der Waals surface area contributed by atoms with E-state index in [9.17, 15) is 14.4 Å². The second-order valence-electron chi connectivity index (χ2n) is 9.43. The Bertz CT molecular complexity index is 1040. The third-order valence-electron chi connectivity index (χ3n) is 7.41. The highest BCUT2D eigenvalue weighted by atomic mass is 16.6. The van der Waals surface area contributed by atoms with E-state index in [4.69, 9.17) is 4.74 Å². The van der Waals surface area contributed by atoms with Crippen LogP contribution in [0.25, 0.3) is 10.8 Å². The van der Waals surface area contributed by atoms with Gasteiger partial charge in [0.05, 0.1) is 12.3 Å². The summed E-state index contributed by atoms with van der Waals surface area (Å²) in [5.41, 5.74) is 0.473. The first-order chi connectivity index (χ1) is 15.5. The first-order valence-electron chi connectivity index (χ1n) is 11.8. The maximum atomic E-state index is 13.5. The van der Waals surface area contributed by atoms with E-state index in [-0.39, 0.29) is 24.2 Å². The largest absolute Gasteiger partial charge is 0.458 e. The quantitative estimate of drug-likeness (QED) is 0.692. The molecule has 168 valence electrons. The summed E-state index contributed by atoms with van der Waals surface area (Å²) in [6.45, 7) is 1.96. The molecule has 0 aromatic heterocycles. The molecule has 2 saturated heterocycles. The number of esters is 1. The molecule has 5 rings (SSSR count). The Labute approximate surface area is 188 Å². The van der Waals surface area contributed by atoms with Gasteiger partial charge in [0.2, 0.25) is 11.8 Å². The molecular formula is C26H30N2O4. The fraction of sp³-hybridized carbons (Fsp3) is 0.500. The Morgan fingerprint density at radius 1 is 0.969 bits per heavy atom. The summed E-state index contributed by atoms with van der Waals surface area (Å²) in [5, 5.41) is 2.34. The van der Waals surface area contributed by atoms with E-state index in [2.05, 4.69) is 30.3 Å². The number of carbonyl (C=O) groups is 3. The summed E-state index contributed by atoms with van der Waals surface area (Å²) in [6.07, 6.45) is 5.15. The van der Waals surface area contributed by atoms with Gasteiger partial charge in [-0.05, 0) is 48.1 Å². The highest BCUT2D eigenvalue weighted by molar-refractivity contribution is 5.89. The fourth-order valence-corrected chi connectivity index (χ4v) is 5.64. The number of benzene rings is 2. The third-order valence-corrected chi connectivity index (χ3v) is 7.41. The SMILES string of the molecule is O=C1C[C@@H](C(=O)N2CCC(=O)N(Cc3ccc4ccccc4c3)CC2)C2(CCCCC2)O1. The first-order valence-corrected chi connectivity index (χ1v) is 11.8. The van der Waals surface area contributed by atoms with Crippen LogP contribution in [0.2, 0.25) is 0 Å². The molecule has 2 amide bonds. The van der Waals surface area contributed by atoms with Crippen LogP contribution in [0.3, 0.4) is 0 Å². The molecule has 2 aromatic carbocycles. The second-order valence-corrected chi connectivity index (χ2v) is 9.43. The summed E-state index contributed by atoms with van der Waals surface area (Å²) in [7, 11) is 0.